The Bertz CT molecular complexity index is 764. The zero-order valence-electron chi connectivity index (χ0n) is 11.8. The maximum Gasteiger partial charge on any atom is 0.236 e. The van der Waals surface area contributed by atoms with E-state index < -0.39 is 0 Å². The summed E-state index contributed by atoms with van der Waals surface area (Å²) >= 11 is 1.56. The molecule has 0 saturated heterocycles. The number of rotatable bonds is 6. The number of aromatic nitrogens is 1. The summed E-state index contributed by atoms with van der Waals surface area (Å²) in [5.74, 6) is 1.64. The Morgan fingerprint density at radius 2 is 2.23 bits per heavy atom. The van der Waals surface area contributed by atoms with E-state index in [-0.39, 0.29) is 6.61 Å². The number of aldehydes is 1. The van der Waals surface area contributed by atoms with Crippen molar-refractivity contribution < 1.29 is 18.7 Å². The number of hydrogen-bond acceptors (Lipinski definition) is 6. The zero-order valence-corrected chi connectivity index (χ0v) is 12.6. The van der Waals surface area contributed by atoms with Crippen molar-refractivity contribution in [3.63, 3.8) is 0 Å². The highest BCUT2D eigenvalue weighted by molar-refractivity contribution is 7.13. The number of nitrogens with zero attached hydrogens (tertiary/aromatic N) is 1. The van der Waals surface area contributed by atoms with E-state index in [0.717, 1.165) is 11.2 Å². The molecule has 0 saturated carbocycles. The summed E-state index contributed by atoms with van der Waals surface area (Å²) in [6.45, 7) is 0.256. The number of ether oxygens (including phenoxy) is 2. The molecule has 0 aliphatic rings. The molecule has 0 atom stereocenters. The highest BCUT2D eigenvalue weighted by atomic mass is 32.1. The fourth-order valence-electron chi connectivity index (χ4n) is 1.92. The molecule has 1 aromatic carbocycles. The van der Waals surface area contributed by atoms with Gasteiger partial charge in [-0.2, -0.15) is 0 Å². The number of hydrogen-bond donors (Lipinski definition) is 0. The molecular formula is C16H13NO4S. The molecule has 2 heterocycles. The summed E-state index contributed by atoms with van der Waals surface area (Å²) in [5, 5.41) is 1.97. The van der Waals surface area contributed by atoms with Gasteiger partial charge in [0.2, 0.25) is 5.89 Å². The molecule has 6 heteroatoms. The molecule has 0 aliphatic heterocycles. The van der Waals surface area contributed by atoms with Crippen LogP contribution in [0.5, 0.6) is 11.5 Å². The third kappa shape index (κ3) is 3.01. The predicted molar refractivity (Wildman–Crippen MR) is 82.5 cm³/mol. The summed E-state index contributed by atoms with van der Waals surface area (Å²) in [5.41, 5.74) is 1.22. The van der Waals surface area contributed by atoms with E-state index in [9.17, 15) is 4.79 Å². The molecule has 0 fully saturated rings. The Balaban J connectivity index is 1.71. The van der Waals surface area contributed by atoms with Crippen LogP contribution < -0.4 is 9.47 Å². The Labute approximate surface area is 131 Å². The van der Waals surface area contributed by atoms with Crippen molar-refractivity contribution in [2.45, 2.75) is 6.61 Å². The van der Waals surface area contributed by atoms with Gasteiger partial charge in [0, 0.05) is 5.56 Å². The Kier molecular flexibility index (Phi) is 4.20. The van der Waals surface area contributed by atoms with Gasteiger partial charge >= 0.3 is 0 Å². The molecule has 22 heavy (non-hydrogen) atoms. The molecule has 5 nitrogen and oxygen atoms in total. The molecule has 0 spiro atoms. The average Bonchev–Trinajstić information content (AvgIpc) is 3.23. The minimum Gasteiger partial charge on any atom is -0.493 e. The topological polar surface area (TPSA) is 61.6 Å². The molecule has 3 aromatic rings. The fourth-order valence-corrected chi connectivity index (χ4v) is 2.57. The molecule has 2 aromatic heterocycles. The first kappa shape index (κ1) is 14.3. The van der Waals surface area contributed by atoms with Crippen LogP contribution in [0.2, 0.25) is 0 Å². The monoisotopic (exact) mass is 315 g/mol. The van der Waals surface area contributed by atoms with Gasteiger partial charge in [-0.15, -0.1) is 11.3 Å². The number of carbonyl (C=O) groups is 1. The minimum atomic E-state index is 0.256. The number of carbonyl (C=O) groups excluding carboxylic acids is 1. The van der Waals surface area contributed by atoms with Crippen LogP contribution in [0, 0.1) is 0 Å². The van der Waals surface area contributed by atoms with Gasteiger partial charge in [0.05, 0.1) is 12.0 Å². The predicted octanol–water partition coefficient (Wildman–Crippen LogP) is 3.80. The maximum absolute atomic E-state index is 10.8. The second-order valence-corrected chi connectivity index (χ2v) is 5.39. The normalized spacial score (nSPS) is 10.4. The lowest BCUT2D eigenvalue weighted by molar-refractivity contribution is 0.112. The minimum absolute atomic E-state index is 0.256. The summed E-state index contributed by atoms with van der Waals surface area (Å²) < 4.78 is 16.3. The third-order valence-corrected chi connectivity index (χ3v) is 3.84. The van der Waals surface area contributed by atoms with E-state index in [4.69, 9.17) is 13.9 Å². The van der Waals surface area contributed by atoms with Gasteiger partial charge in [0.15, 0.2) is 11.5 Å². The standard InChI is InChI=1S/C16H13NO4S/c1-19-14-7-11(8-18)4-5-13(14)20-9-12-10-21-16(17-12)15-3-2-6-22-15/h2-8,10H,9H2,1H3. The molecule has 3 rings (SSSR count). The van der Waals surface area contributed by atoms with Crippen LogP contribution in [0.3, 0.4) is 0 Å². The molecule has 0 bridgehead atoms. The number of benzene rings is 1. The number of oxazole rings is 1. The first-order chi connectivity index (χ1) is 10.8. The van der Waals surface area contributed by atoms with Gasteiger partial charge in [-0.05, 0) is 29.6 Å². The Morgan fingerprint density at radius 1 is 1.32 bits per heavy atom. The van der Waals surface area contributed by atoms with E-state index in [2.05, 4.69) is 4.98 Å². The summed E-state index contributed by atoms with van der Waals surface area (Å²) in [4.78, 5) is 16.1. The zero-order chi connectivity index (χ0) is 15.4. The van der Waals surface area contributed by atoms with E-state index in [0.29, 0.717) is 28.6 Å². The maximum atomic E-state index is 10.8. The lowest BCUT2D eigenvalue weighted by Crippen LogP contribution is -1.98. The highest BCUT2D eigenvalue weighted by Gasteiger charge is 2.10. The van der Waals surface area contributed by atoms with Crippen LogP contribution in [-0.4, -0.2) is 18.4 Å². The van der Waals surface area contributed by atoms with Crippen molar-refractivity contribution in [3.8, 4) is 22.3 Å². The molecule has 112 valence electrons. The van der Waals surface area contributed by atoms with Crippen molar-refractivity contribution in [1.82, 2.24) is 4.98 Å². The number of thiophene rings is 1. The average molecular weight is 315 g/mol. The largest absolute Gasteiger partial charge is 0.493 e. The van der Waals surface area contributed by atoms with E-state index in [1.807, 2.05) is 17.5 Å². The summed E-state index contributed by atoms with van der Waals surface area (Å²) in [7, 11) is 1.53. The van der Waals surface area contributed by atoms with Crippen molar-refractivity contribution in [1.29, 1.82) is 0 Å². The summed E-state index contributed by atoms with van der Waals surface area (Å²) in [6, 6.07) is 8.89. The second kappa shape index (κ2) is 6.44. The molecule has 0 radical (unpaired) electrons. The number of methoxy groups -OCH3 is 1. The van der Waals surface area contributed by atoms with Crippen molar-refractivity contribution in [2.75, 3.05) is 7.11 Å². The van der Waals surface area contributed by atoms with E-state index >= 15 is 0 Å². The lowest BCUT2D eigenvalue weighted by atomic mass is 10.2. The van der Waals surface area contributed by atoms with Crippen molar-refractivity contribution >= 4 is 17.6 Å². The molecule has 0 N–H and O–H groups in total. The fraction of sp³-hybridized carbons (Fsp3) is 0.125. The van der Waals surface area contributed by atoms with Gasteiger partial charge in [-0.25, -0.2) is 4.98 Å². The smallest absolute Gasteiger partial charge is 0.236 e. The lowest BCUT2D eigenvalue weighted by Gasteiger charge is -2.09. The Morgan fingerprint density at radius 3 is 2.95 bits per heavy atom. The van der Waals surface area contributed by atoms with Gasteiger partial charge in [0.25, 0.3) is 0 Å². The van der Waals surface area contributed by atoms with Crippen LogP contribution in [0.15, 0.2) is 46.4 Å². The molecule has 0 amide bonds. The highest BCUT2D eigenvalue weighted by Crippen LogP contribution is 2.29. The quantitative estimate of drug-likeness (QED) is 0.647. The van der Waals surface area contributed by atoms with Crippen LogP contribution in [0.25, 0.3) is 10.8 Å². The molecular weight excluding hydrogens is 302 g/mol. The van der Waals surface area contributed by atoms with Crippen LogP contribution in [-0.2, 0) is 6.61 Å². The van der Waals surface area contributed by atoms with Gasteiger partial charge in [0.1, 0.15) is 24.9 Å². The first-order valence-corrected chi connectivity index (χ1v) is 7.42. The Hall–Kier alpha value is -2.60. The SMILES string of the molecule is COc1cc(C=O)ccc1OCc1coc(-c2cccs2)n1. The van der Waals surface area contributed by atoms with Crippen LogP contribution in [0.4, 0.5) is 0 Å². The molecule has 0 aliphatic carbocycles. The summed E-state index contributed by atoms with van der Waals surface area (Å²) in [6.07, 6.45) is 2.33. The van der Waals surface area contributed by atoms with Crippen molar-refractivity contribution in [3.05, 3.63) is 53.2 Å². The van der Waals surface area contributed by atoms with Gasteiger partial charge < -0.3 is 13.9 Å². The van der Waals surface area contributed by atoms with Crippen molar-refractivity contribution in [2.24, 2.45) is 0 Å². The van der Waals surface area contributed by atoms with Gasteiger partial charge in [-0.1, -0.05) is 6.07 Å². The third-order valence-electron chi connectivity index (χ3n) is 2.98. The molecule has 0 unspecified atom stereocenters. The van der Waals surface area contributed by atoms with E-state index in [1.165, 1.54) is 7.11 Å². The van der Waals surface area contributed by atoms with Crippen LogP contribution >= 0.6 is 11.3 Å². The van der Waals surface area contributed by atoms with Gasteiger partial charge in [-0.3, -0.25) is 4.79 Å². The second-order valence-electron chi connectivity index (χ2n) is 4.44. The van der Waals surface area contributed by atoms with Crippen LogP contribution in [0.1, 0.15) is 16.1 Å². The van der Waals surface area contributed by atoms with E-state index in [1.54, 1.807) is 35.8 Å². The first-order valence-electron chi connectivity index (χ1n) is 6.54.